The van der Waals surface area contributed by atoms with Crippen LogP contribution in [0.1, 0.15) is 30.0 Å². The van der Waals surface area contributed by atoms with Crippen molar-refractivity contribution in [2.24, 2.45) is 5.92 Å². The van der Waals surface area contributed by atoms with Crippen molar-refractivity contribution in [2.45, 2.75) is 56.8 Å². The van der Waals surface area contributed by atoms with Crippen LogP contribution < -0.4 is 19.9 Å². The minimum Gasteiger partial charge on any atom is -0.497 e. The normalized spacial score (nSPS) is 21.2. The molecule has 1 fully saturated rings. The number of aliphatic hydroxyl groups excluding tert-OH is 1. The van der Waals surface area contributed by atoms with Crippen LogP contribution in [0, 0.1) is 5.92 Å². The lowest BCUT2D eigenvalue weighted by atomic mass is 9.82. The predicted molar refractivity (Wildman–Crippen MR) is 196 cm³/mol. The van der Waals surface area contributed by atoms with E-state index in [9.17, 15) is 24.3 Å². The number of amides is 2. The smallest absolute Gasteiger partial charge is 0.297 e. The van der Waals surface area contributed by atoms with Crippen LogP contribution in [0.2, 0.25) is 18.6 Å². The van der Waals surface area contributed by atoms with E-state index in [1.165, 1.54) is 11.7 Å². The van der Waals surface area contributed by atoms with Gasteiger partial charge in [-0.15, -0.1) is 0 Å². The predicted octanol–water partition coefficient (Wildman–Crippen LogP) is 4.61. The molecule has 6 rings (SSSR count). The Hall–Kier alpha value is -4.75. The van der Waals surface area contributed by atoms with Gasteiger partial charge >= 0.3 is 0 Å². The van der Waals surface area contributed by atoms with E-state index in [4.69, 9.17) is 14.2 Å². The van der Waals surface area contributed by atoms with Gasteiger partial charge in [-0.3, -0.25) is 19.0 Å². The lowest BCUT2D eigenvalue weighted by Gasteiger charge is -2.32. The van der Waals surface area contributed by atoms with Crippen molar-refractivity contribution in [3.05, 3.63) is 118 Å². The number of benzene rings is 3. The number of aliphatic hydroxyl groups is 1. The Balaban J connectivity index is 1.36. The number of pyridine rings is 1. The highest BCUT2D eigenvalue weighted by Crippen LogP contribution is 2.60. The van der Waals surface area contributed by atoms with Gasteiger partial charge in [-0.25, -0.2) is 0 Å². The van der Waals surface area contributed by atoms with Crippen LogP contribution in [0.3, 0.4) is 0 Å². The first-order chi connectivity index (χ1) is 24.4. The standard InChI is InChI=1S/C39H45N3O8Si/c1-26-36(51(4,5)47)34(23-35(44)40(19-20-43)24-27-11-7-6-8-12-27)50-39(26)31-22-30(48-2)16-17-32(31)42(38(39)46)25-28-13-9-14-29(21-28)41-18-10-15-33(49-3)37(41)45/h6-18,21-22,26,34,36,43,47H,19-20,23-25H2,1-5H3/t26-,34+,36-,39+/m1/s1. The van der Waals surface area contributed by atoms with E-state index in [1.807, 2.05) is 86.7 Å². The summed E-state index contributed by atoms with van der Waals surface area (Å²) in [7, 11) is -0.0445. The molecule has 0 bridgehead atoms. The van der Waals surface area contributed by atoms with E-state index in [0.717, 1.165) is 11.1 Å². The van der Waals surface area contributed by atoms with E-state index in [0.29, 0.717) is 29.2 Å². The van der Waals surface area contributed by atoms with Crippen molar-refractivity contribution in [1.82, 2.24) is 9.47 Å². The van der Waals surface area contributed by atoms with Gasteiger partial charge in [-0.1, -0.05) is 49.4 Å². The van der Waals surface area contributed by atoms with Gasteiger partial charge in [0.1, 0.15) is 5.75 Å². The van der Waals surface area contributed by atoms with Crippen molar-refractivity contribution < 1.29 is 33.7 Å². The van der Waals surface area contributed by atoms with Crippen molar-refractivity contribution in [3.8, 4) is 17.2 Å². The third kappa shape index (κ3) is 6.72. The molecule has 3 aromatic carbocycles. The van der Waals surface area contributed by atoms with Gasteiger partial charge in [0.05, 0.1) is 45.6 Å². The number of ether oxygens (including phenoxy) is 3. The number of nitrogens with zero attached hydrogens (tertiary/aromatic N) is 3. The zero-order chi connectivity index (χ0) is 36.5. The number of rotatable bonds is 12. The molecule has 2 amide bonds. The number of methoxy groups -OCH3 is 2. The molecule has 2 aliphatic heterocycles. The number of carbonyl (C=O) groups excluding carboxylic acids is 2. The zero-order valence-electron chi connectivity index (χ0n) is 29.6. The van der Waals surface area contributed by atoms with Gasteiger partial charge in [0, 0.05) is 42.0 Å². The molecular weight excluding hydrogens is 667 g/mol. The maximum Gasteiger partial charge on any atom is 0.297 e. The molecule has 4 atom stereocenters. The number of hydrogen-bond donors (Lipinski definition) is 2. The molecule has 0 saturated carbocycles. The first-order valence-corrected chi connectivity index (χ1v) is 20.1. The Morgan fingerprint density at radius 1 is 0.961 bits per heavy atom. The number of carbonyl (C=O) groups is 2. The van der Waals surface area contributed by atoms with Crippen molar-refractivity contribution >= 4 is 25.8 Å². The van der Waals surface area contributed by atoms with Crippen molar-refractivity contribution in [1.29, 1.82) is 0 Å². The summed E-state index contributed by atoms with van der Waals surface area (Å²) in [5.74, 6) is -0.258. The Kier molecular flexibility index (Phi) is 10.2. The lowest BCUT2D eigenvalue weighted by molar-refractivity contribution is -0.150. The maximum atomic E-state index is 15.0. The van der Waals surface area contributed by atoms with Crippen LogP contribution in [-0.2, 0) is 33.0 Å². The topological polar surface area (TPSA) is 131 Å². The van der Waals surface area contributed by atoms with E-state index in [-0.39, 0.29) is 49.2 Å². The highest BCUT2D eigenvalue weighted by atomic mass is 28.4. The first kappa shape index (κ1) is 36.1. The molecule has 0 radical (unpaired) electrons. The van der Waals surface area contributed by atoms with Gasteiger partial charge in [-0.05, 0) is 66.7 Å². The van der Waals surface area contributed by atoms with Crippen LogP contribution in [0.15, 0.2) is 95.9 Å². The molecule has 1 aromatic heterocycles. The third-order valence-corrected chi connectivity index (χ3v) is 12.7. The summed E-state index contributed by atoms with van der Waals surface area (Å²) in [5, 5.41) is 9.84. The molecule has 51 heavy (non-hydrogen) atoms. The summed E-state index contributed by atoms with van der Waals surface area (Å²) in [4.78, 5) is 56.9. The second-order valence-electron chi connectivity index (χ2n) is 13.8. The Labute approximate surface area is 298 Å². The highest BCUT2D eigenvalue weighted by molar-refractivity contribution is 6.71. The molecule has 4 aromatic rings. The van der Waals surface area contributed by atoms with Crippen LogP contribution in [0.4, 0.5) is 5.69 Å². The fourth-order valence-electron chi connectivity index (χ4n) is 7.88. The summed E-state index contributed by atoms with van der Waals surface area (Å²) in [6.45, 7) is 5.99. The molecule has 1 saturated heterocycles. The molecular formula is C39H45N3O8Si. The van der Waals surface area contributed by atoms with Crippen molar-refractivity contribution in [3.63, 3.8) is 0 Å². The minimum absolute atomic E-state index is 0.0650. The first-order valence-electron chi connectivity index (χ1n) is 17.1. The maximum absolute atomic E-state index is 15.0. The number of fused-ring (bicyclic) bond motifs is 2. The van der Waals surface area contributed by atoms with E-state index >= 15 is 0 Å². The third-order valence-electron chi connectivity index (χ3n) is 10.2. The van der Waals surface area contributed by atoms with Crippen LogP contribution in [-0.4, -0.2) is 73.0 Å². The average Bonchev–Trinajstić information content (AvgIpc) is 3.54. The number of anilines is 1. The van der Waals surface area contributed by atoms with Gasteiger partial charge in [0.15, 0.2) is 19.7 Å². The Bertz CT molecular complexity index is 1960. The van der Waals surface area contributed by atoms with E-state index in [2.05, 4.69) is 0 Å². The van der Waals surface area contributed by atoms with Crippen molar-refractivity contribution in [2.75, 3.05) is 32.3 Å². The molecule has 11 nitrogen and oxygen atoms in total. The SMILES string of the molecule is COc1ccc2c(c1)[C@]1(O[C@@H](CC(=O)N(CCO)Cc3ccccc3)[C@H]([Si](C)(C)O)[C@H]1C)C(=O)N2Cc1cccc(-n2cccc(OC)c2=O)c1. The average molecular weight is 712 g/mol. The molecule has 2 aliphatic rings. The van der Waals surface area contributed by atoms with Gasteiger partial charge < -0.3 is 33.9 Å². The number of aromatic nitrogens is 1. The summed E-state index contributed by atoms with van der Waals surface area (Å²) < 4.78 is 19.2. The molecule has 2 N–H and O–H groups in total. The number of hydrogen-bond acceptors (Lipinski definition) is 8. The fourth-order valence-corrected chi connectivity index (χ4v) is 10.4. The second kappa shape index (κ2) is 14.5. The Morgan fingerprint density at radius 3 is 2.39 bits per heavy atom. The van der Waals surface area contributed by atoms with Gasteiger partial charge in [0.2, 0.25) is 5.91 Å². The largest absolute Gasteiger partial charge is 0.497 e. The summed E-state index contributed by atoms with van der Waals surface area (Å²) in [6.07, 6.45) is 0.839. The molecule has 12 heteroatoms. The summed E-state index contributed by atoms with van der Waals surface area (Å²) in [6, 6.07) is 25.7. The molecule has 3 heterocycles. The zero-order valence-corrected chi connectivity index (χ0v) is 30.6. The fraction of sp³-hybridized carbons (Fsp3) is 0.359. The minimum atomic E-state index is -3.05. The van der Waals surface area contributed by atoms with Crippen LogP contribution >= 0.6 is 0 Å². The van der Waals surface area contributed by atoms with E-state index in [1.54, 1.807) is 41.3 Å². The highest BCUT2D eigenvalue weighted by Gasteiger charge is 2.66. The molecule has 1 spiro atoms. The van der Waals surface area contributed by atoms with Crippen LogP contribution in [0.25, 0.3) is 5.69 Å². The molecule has 0 unspecified atom stereocenters. The summed E-state index contributed by atoms with van der Waals surface area (Å²) in [5.41, 5.74) is 1.32. The van der Waals surface area contributed by atoms with Gasteiger partial charge in [0.25, 0.3) is 11.5 Å². The molecule has 268 valence electrons. The quantitative estimate of drug-likeness (QED) is 0.204. The van der Waals surface area contributed by atoms with E-state index < -0.39 is 31.5 Å². The summed E-state index contributed by atoms with van der Waals surface area (Å²) >= 11 is 0. The van der Waals surface area contributed by atoms with Gasteiger partial charge in [-0.2, -0.15) is 0 Å². The monoisotopic (exact) mass is 711 g/mol. The van der Waals surface area contributed by atoms with Crippen LogP contribution in [0.5, 0.6) is 11.5 Å². The molecule has 0 aliphatic carbocycles. The lowest BCUT2D eigenvalue weighted by Crippen LogP contribution is -2.46. The Morgan fingerprint density at radius 2 is 1.71 bits per heavy atom. The second-order valence-corrected chi connectivity index (χ2v) is 17.8.